The summed E-state index contributed by atoms with van der Waals surface area (Å²) < 4.78 is 5.44. The Bertz CT molecular complexity index is 1510. The van der Waals surface area contributed by atoms with Crippen molar-refractivity contribution in [3.05, 3.63) is 126 Å². The third kappa shape index (κ3) is 4.87. The van der Waals surface area contributed by atoms with Crippen LogP contribution in [0.5, 0.6) is 0 Å². The van der Waals surface area contributed by atoms with Gasteiger partial charge in [0, 0.05) is 16.5 Å². The maximum atomic E-state index is 13.1. The summed E-state index contributed by atoms with van der Waals surface area (Å²) >= 11 is 0. The number of Topliss-reactive ketones (excluding diaryl/α,β-unsaturated/α-hetero) is 1. The third-order valence-corrected chi connectivity index (χ3v) is 5.90. The second kappa shape index (κ2) is 9.74. The van der Waals surface area contributed by atoms with E-state index in [1.165, 1.54) is 0 Å². The first-order chi connectivity index (χ1) is 17.1. The fraction of sp³-hybridized carbons (Fsp3) is 0.0645. The van der Waals surface area contributed by atoms with Gasteiger partial charge < -0.3 is 4.74 Å². The van der Waals surface area contributed by atoms with E-state index in [1.54, 1.807) is 30.3 Å². The van der Waals surface area contributed by atoms with E-state index in [2.05, 4.69) is 12.1 Å². The summed E-state index contributed by atoms with van der Waals surface area (Å²) in [4.78, 5) is 30.4. The maximum Gasteiger partial charge on any atom is 0.339 e. The zero-order valence-corrected chi connectivity index (χ0v) is 19.3. The normalized spacial score (nSPS) is 10.8. The summed E-state index contributed by atoms with van der Waals surface area (Å²) in [6.45, 7) is 1.64. The predicted molar refractivity (Wildman–Crippen MR) is 138 cm³/mol. The molecular weight excluding hydrogens is 434 g/mol. The molecule has 0 N–H and O–H groups in total. The Morgan fingerprint density at radius 2 is 1.34 bits per heavy atom. The first kappa shape index (κ1) is 22.2. The van der Waals surface area contributed by atoms with Crippen molar-refractivity contribution in [3.63, 3.8) is 0 Å². The minimum Gasteiger partial charge on any atom is -0.454 e. The molecule has 5 rings (SSSR count). The van der Waals surface area contributed by atoms with Gasteiger partial charge in [-0.05, 0) is 36.2 Å². The number of pyridine rings is 1. The molecule has 4 heteroatoms. The van der Waals surface area contributed by atoms with E-state index in [0.717, 1.165) is 22.3 Å². The molecule has 5 aromatic rings. The SMILES string of the molecule is Cc1ccc2nc(-c3ccc(-c4ccccc4)cc3)cc(C(=O)OCC(=O)c3ccccc3)c2c1. The summed E-state index contributed by atoms with van der Waals surface area (Å²) in [5, 5.41) is 0.701. The van der Waals surface area contributed by atoms with E-state index in [1.807, 2.05) is 73.7 Å². The summed E-state index contributed by atoms with van der Waals surface area (Å²) in [6.07, 6.45) is 0. The van der Waals surface area contributed by atoms with Gasteiger partial charge in [0.1, 0.15) is 0 Å². The summed E-state index contributed by atoms with van der Waals surface area (Å²) in [7, 11) is 0. The lowest BCUT2D eigenvalue weighted by Gasteiger charge is -2.11. The lowest BCUT2D eigenvalue weighted by molar-refractivity contribution is 0.0476. The number of fused-ring (bicyclic) bond motifs is 1. The van der Waals surface area contributed by atoms with Gasteiger partial charge in [-0.3, -0.25) is 4.79 Å². The number of aryl methyl sites for hydroxylation is 1. The minimum absolute atomic E-state index is 0.245. The number of benzene rings is 4. The Balaban J connectivity index is 1.47. The van der Waals surface area contributed by atoms with E-state index in [4.69, 9.17) is 9.72 Å². The van der Waals surface area contributed by atoms with Gasteiger partial charge in [-0.1, -0.05) is 96.6 Å². The largest absolute Gasteiger partial charge is 0.454 e. The van der Waals surface area contributed by atoms with Crippen LogP contribution in [0.15, 0.2) is 109 Å². The van der Waals surface area contributed by atoms with Gasteiger partial charge in [-0.25, -0.2) is 9.78 Å². The highest BCUT2D eigenvalue weighted by molar-refractivity contribution is 6.06. The summed E-state index contributed by atoms with van der Waals surface area (Å²) in [5.41, 5.74) is 6.40. The van der Waals surface area contributed by atoms with Crippen molar-refractivity contribution in [3.8, 4) is 22.4 Å². The van der Waals surface area contributed by atoms with Crippen molar-refractivity contribution < 1.29 is 14.3 Å². The molecule has 0 aliphatic rings. The Kier molecular flexibility index (Phi) is 6.18. The molecule has 0 atom stereocenters. The molecule has 170 valence electrons. The van der Waals surface area contributed by atoms with Gasteiger partial charge in [0.2, 0.25) is 0 Å². The van der Waals surface area contributed by atoms with Gasteiger partial charge in [-0.2, -0.15) is 0 Å². The molecule has 35 heavy (non-hydrogen) atoms. The molecule has 0 amide bonds. The quantitative estimate of drug-likeness (QED) is 0.205. The van der Waals surface area contributed by atoms with Crippen LogP contribution in [0.4, 0.5) is 0 Å². The molecule has 4 aromatic carbocycles. The Labute approximate surface area is 203 Å². The van der Waals surface area contributed by atoms with Crippen LogP contribution in [0.1, 0.15) is 26.3 Å². The molecule has 0 aliphatic heterocycles. The zero-order chi connectivity index (χ0) is 24.2. The Hall–Kier alpha value is -4.57. The fourth-order valence-electron chi connectivity index (χ4n) is 4.04. The van der Waals surface area contributed by atoms with E-state index in [-0.39, 0.29) is 12.4 Å². The number of hydrogen-bond donors (Lipinski definition) is 0. The van der Waals surface area contributed by atoms with Gasteiger partial charge in [0.15, 0.2) is 12.4 Å². The predicted octanol–water partition coefficient (Wildman–Crippen LogP) is 6.92. The number of carbonyl (C=O) groups is 2. The number of nitrogens with zero attached hydrogens (tertiary/aromatic N) is 1. The average molecular weight is 458 g/mol. The molecule has 0 bridgehead atoms. The van der Waals surface area contributed by atoms with Crippen molar-refractivity contribution in [2.75, 3.05) is 6.61 Å². The molecule has 0 spiro atoms. The van der Waals surface area contributed by atoms with E-state index >= 15 is 0 Å². The Morgan fingerprint density at radius 1 is 0.714 bits per heavy atom. The lowest BCUT2D eigenvalue weighted by Crippen LogP contribution is -2.15. The van der Waals surface area contributed by atoms with Crippen molar-refractivity contribution in [1.82, 2.24) is 4.98 Å². The summed E-state index contributed by atoms with van der Waals surface area (Å²) in [5.74, 6) is -0.792. The molecular formula is C31H23NO3. The van der Waals surface area contributed by atoms with Gasteiger partial charge >= 0.3 is 5.97 Å². The maximum absolute atomic E-state index is 13.1. The van der Waals surface area contributed by atoms with E-state index in [9.17, 15) is 9.59 Å². The highest BCUT2D eigenvalue weighted by atomic mass is 16.5. The van der Waals surface area contributed by atoms with Gasteiger partial charge in [-0.15, -0.1) is 0 Å². The number of ether oxygens (including phenoxy) is 1. The fourth-order valence-corrected chi connectivity index (χ4v) is 4.04. The van der Waals surface area contributed by atoms with E-state index in [0.29, 0.717) is 27.7 Å². The lowest BCUT2D eigenvalue weighted by atomic mass is 10.00. The van der Waals surface area contributed by atoms with Crippen molar-refractivity contribution in [1.29, 1.82) is 0 Å². The molecule has 0 saturated heterocycles. The number of rotatable bonds is 6. The average Bonchev–Trinajstić information content (AvgIpc) is 2.92. The molecule has 0 unspecified atom stereocenters. The topological polar surface area (TPSA) is 56.3 Å². The van der Waals surface area contributed by atoms with E-state index < -0.39 is 5.97 Å². The zero-order valence-electron chi connectivity index (χ0n) is 19.3. The van der Waals surface area contributed by atoms with Crippen LogP contribution in [0.25, 0.3) is 33.3 Å². The number of hydrogen-bond acceptors (Lipinski definition) is 4. The smallest absolute Gasteiger partial charge is 0.339 e. The van der Waals surface area contributed by atoms with Gasteiger partial charge in [0.25, 0.3) is 0 Å². The summed E-state index contributed by atoms with van der Waals surface area (Å²) in [6, 6.07) is 34.6. The van der Waals surface area contributed by atoms with Crippen molar-refractivity contribution in [2.24, 2.45) is 0 Å². The monoisotopic (exact) mass is 457 g/mol. The Morgan fingerprint density at radius 3 is 2.06 bits per heavy atom. The van der Waals surface area contributed by atoms with Gasteiger partial charge in [0.05, 0.1) is 16.8 Å². The van der Waals surface area contributed by atoms with Crippen LogP contribution in [-0.4, -0.2) is 23.3 Å². The second-order valence-electron chi connectivity index (χ2n) is 8.38. The van der Waals surface area contributed by atoms with Crippen LogP contribution >= 0.6 is 0 Å². The third-order valence-electron chi connectivity index (χ3n) is 5.90. The first-order valence-electron chi connectivity index (χ1n) is 11.4. The van der Waals surface area contributed by atoms with Crippen LogP contribution in [0.2, 0.25) is 0 Å². The van der Waals surface area contributed by atoms with Crippen molar-refractivity contribution >= 4 is 22.7 Å². The molecule has 0 fully saturated rings. The number of aromatic nitrogens is 1. The minimum atomic E-state index is -0.547. The number of esters is 1. The molecule has 0 radical (unpaired) electrons. The van der Waals surface area contributed by atoms with Crippen molar-refractivity contribution in [2.45, 2.75) is 6.92 Å². The molecule has 0 aliphatic carbocycles. The number of ketones is 1. The highest BCUT2D eigenvalue weighted by Crippen LogP contribution is 2.28. The molecule has 4 nitrogen and oxygen atoms in total. The van der Waals surface area contributed by atoms with Crippen LogP contribution < -0.4 is 0 Å². The second-order valence-corrected chi connectivity index (χ2v) is 8.38. The van der Waals surface area contributed by atoms with Crippen LogP contribution in [0, 0.1) is 6.92 Å². The standard InChI is InChI=1S/C31H23NO3/c1-21-12-17-28-26(18-21)27(31(34)35-20-30(33)25-10-6-3-7-11-25)19-29(32-28)24-15-13-23(14-16-24)22-8-4-2-5-9-22/h2-19H,20H2,1H3. The molecule has 1 aromatic heterocycles. The molecule has 1 heterocycles. The first-order valence-corrected chi connectivity index (χ1v) is 11.4. The number of carbonyl (C=O) groups excluding carboxylic acids is 2. The molecule has 0 saturated carbocycles. The van der Waals surface area contributed by atoms with Crippen LogP contribution in [-0.2, 0) is 4.74 Å². The highest BCUT2D eigenvalue weighted by Gasteiger charge is 2.17. The van der Waals surface area contributed by atoms with Crippen LogP contribution in [0.3, 0.4) is 0 Å².